The first kappa shape index (κ1) is 27.4. The van der Waals surface area contributed by atoms with Crippen LogP contribution in [0.4, 0.5) is 0 Å². The van der Waals surface area contributed by atoms with Gasteiger partial charge in [0.25, 0.3) is 5.91 Å². The third-order valence-electron chi connectivity index (χ3n) is 6.82. The average Bonchev–Trinajstić information content (AvgIpc) is 3.18. The maximum atomic E-state index is 13.2. The van der Waals surface area contributed by atoms with E-state index in [2.05, 4.69) is 5.32 Å². The second-order valence-electron chi connectivity index (χ2n) is 10.3. The molecule has 10 heteroatoms. The lowest BCUT2D eigenvalue weighted by Crippen LogP contribution is -2.39. The van der Waals surface area contributed by atoms with Gasteiger partial charge in [-0.05, 0) is 25.3 Å². The number of allylic oxidation sites excluding steroid dienone is 2. The van der Waals surface area contributed by atoms with E-state index in [1.165, 1.54) is 11.0 Å². The van der Waals surface area contributed by atoms with Crippen LogP contribution < -0.4 is 5.32 Å². The fourth-order valence-electron chi connectivity index (χ4n) is 4.88. The molecule has 0 aromatic rings. The van der Waals surface area contributed by atoms with Crippen LogP contribution in [0.3, 0.4) is 0 Å². The fraction of sp³-hybridized carbons (Fsp3) is 0.500. The standard InChI is InChI=1S/C28H35N3O7/c1-16(2)25-18(4)9-10-22(34)29-11-5-7-17(3)13-19(32)14-20(33)15-23-31-24(27(31)37-23)26(35)30-12-6-8-21(30)28(36)38-25/h5,7-10,13,16,18-19,23,25,32H,6,11-12,14-15H2,1-4H3,(H,29,34)/b7-5+,10-9+,17-13+/t18-,19-,23?,25-,31?/m1/s1. The molecule has 204 valence electrons. The number of carbonyl (C=O) groups is 4. The zero-order valence-corrected chi connectivity index (χ0v) is 22.2. The van der Waals surface area contributed by atoms with E-state index >= 15 is 0 Å². The molecule has 0 bridgehead atoms. The Morgan fingerprint density at radius 3 is 2.61 bits per heavy atom. The largest absolute Gasteiger partial charge is 0.457 e. The minimum Gasteiger partial charge on any atom is -0.457 e. The third kappa shape index (κ3) is 6.07. The van der Waals surface area contributed by atoms with Crippen molar-refractivity contribution in [1.29, 1.82) is 0 Å². The summed E-state index contributed by atoms with van der Waals surface area (Å²) in [7, 11) is 0. The van der Waals surface area contributed by atoms with Gasteiger partial charge in [-0.1, -0.05) is 56.7 Å². The zero-order valence-electron chi connectivity index (χ0n) is 22.2. The molecule has 10 nitrogen and oxygen atoms in total. The number of amides is 2. The molecule has 2 amide bonds. The number of esters is 1. The predicted molar refractivity (Wildman–Crippen MR) is 137 cm³/mol. The summed E-state index contributed by atoms with van der Waals surface area (Å²) in [5.41, 5.74) is 1.27. The molecule has 0 saturated carbocycles. The van der Waals surface area contributed by atoms with Crippen molar-refractivity contribution in [2.45, 2.75) is 65.4 Å². The summed E-state index contributed by atoms with van der Waals surface area (Å²) in [5.74, 6) is -1.32. The molecule has 4 rings (SSSR count). The number of carbonyl (C=O) groups excluding carboxylic acids is 4. The van der Waals surface area contributed by atoms with E-state index in [-0.39, 0.29) is 54.5 Å². The first-order valence-electron chi connectivity index (χ1n) is 13.0. The molecule has 0 spiro atoms. The van der Waals surface area contributed by atoms with Crippen molar-refractivity contribution in [2.24, 2.45) is 11.8 Å². The molecule has 4 atom stereocenters. The highest BCUT2D eigenvalue weighted by Crippen LogP contribution is 2.49. The number of Topliss-reactive ketones (excluding diaryl/α,β-unsaturated/α-hetero) is 1. The van der Waals surface area contributed by atoms with Crippen molar-refractivity contribution in [3.05, 3.63) is 59.3 Å². The topological polar surface area (TPSA) is 125 Å². The molecule has 1 unspecified atom stereocenters. The number of ketones is 1. The van der Waals surface area contributed by atoms with Crippen LogP contribution in [0.25, 0.3) is 0 Å². The van der Waals surface area contributed by atoms with Gasteiger partial charge in [0.15, 0.2) is 11.9 Å². The minimum absolute atomic E-state index is 0.0256. The molecule has 1 saturated heterocycles. The second kappa shape index (κ2) is 11.4. The van der Waals surface area contributed by atoms with Crippen molar-refractivity contribution in [1.82, 2.24) is 15.1 Å². The van der Waals surface area contributed by atoms with Gasteiger partial charge in [-0.15, -0.1) is 0 Å². The molecule has 0 aliphatic carbocycles. The number of nitrogens with one attached hydrogen (secondary N) is 1. The van der Waals surface area contributed by atoms with E-state index in [4.69, 9.17) is 9.47 Å². The van der Waals surface area contributed by atoms with Crippen molar-refractivity contribution in [2.75, 3.05) is 13.1 Å². The van der Waals surface area contributed by atoms with Gasteiger partial charge in [-0.25, -0.2) is 4.79 Å². The normalized spacial score (nSPS) is 32.2. The maximum absolute atomic E-state index is 13.2. The first-order chi connectivity index (χ1) is 18.1. The van der Waals surface area contributed by atoms with Gasteiger partial charge in [-0.3, -0.25) is 19.3 Å². The van der Waals surface area contributed by atoms with Crippen LogP contribution in [0.1, 0.15) is 47.0 Å². The molecule has 2 N–H and O–H groups in total. The Morgan fingerprint density at radius 1 is 1.11 bits per heavy atom. The Hall–Kier alpha value is -3.66. The molecule has 0 aromatic heterocycles. The number of ether oxygens (including phenoxy) is 2. The quantitative estimate of drug-likeness (QED) is 0.499. The minimum atomic E-state index is -0.965. The molecule has 4 aliphatic rings. The Morgan fingerprint density at radius 2 is 1.87 bits per heavy atom. The van der Waals surface area contributed by atoms with Gasteiger partial charge in [-0.2, -0.15) is 0 Å². The van der Waals surface area contributed by atoms with Crippen molar-refractivity contribution in [3.8, 4) is 0 Å². The molecule has 4 heterocycles. The summed E-state index contributed by atoms with van der Waals surface area (Å²) in [4.78, 5) is 54.1. The molecular weight excluding hydrogens is 490 g/mol. The van der Waals surface area contributed by atoms with Gasteiger partial charge in [0.2, 0.25) is 11.8 Å². The highest BCUT2D eigenvalue weighted by Gasteiger charge is 2.58. The summed E-state index contributed by atoms with van der Waals surface area (Å²) in [6, 6.07) is 0. The second-order valence-corrected chi connectivity index (χ2v) is 10.3. The lowest BCUT2D eigenvalue weighted by Gasteiger charge is -2.29. The highest BCUT2D eigenvalue weighted by atomic mass is 16.6. The van der Waals surface area contributed by atoms with E-state index in [1.54, 1.807) is 42.2 Å². The molecule has 38 heavy (non-hydrogen) atoms. The van der Waals surface area contributed by atoms with Crippen LogP contribution in [0, 0.1) is 11.8 Å². The molecule has 1 fully saturated rings. The number of hydrogen-bond acceptors (Lipinski definition) is 8. The summed E-state index contributed by atoms with van der Waals surface area (Å²) < 4.78 is 11.4. The lowest BCUT2D eigenvalue weighted by atomic mass is 9.94. The third-order valence-corrected chi connectivity index (χ3v) is 6.82. The van der Waals surface area contributed by atoms with Gasteiger partial charge in [0.1, 0.15) is 17.6 Å². The number of nitrogens with zero attached hydrogens (tertiary/aromatic N) is 2. The van der Waals surface area contributed by atoms with Gasteiger partial charge < -0.3 is 24.8 Å². The maximum Gasteiger partial charge on any atom is 0.355 e. The number of fused-ring (bicyclic) bond motifs is 1. The van der Waals surface area contributed by atoms with Crippen molar-refractivity contribution in [3.63, 3.8) is 0 Å². The van der Waals surface area contributed by atoms with Gasteiger partial charge in [0, 0.05) is 25.4 Å². The summed E-state index contributed by atoms with van der Waals surface area (Å²) in [5, 5.41) is 13.0. The van der Waals surface area contributed by atoms with Crippen LogP contribution >= 0.6 is 0 Å². The van der Waals surface area contributed by atoms with Crippen LogP contribution in [-0.2, 0) is 28.7 Å². The first-order valence-corrected chi connectivity index (χ1v) is 13.0. The van der Waals surface area contributed by atoms with Gasteiger partial charge >= 0.3 is 5.97 Å². The van der Waals surface area contributed by atoms with E-state index < -0.39 is 24.4 Å². The molecule has 4 aliphatic heterocycles. The summed E-state index contributed by atoms with van der Waals surface area (Å²) in [6.45, 7) is 8.14. The SMILES string of the molecule is CC1=C\[C@@H](O)CC(=O)CC2OC3=C(C(=O)N4CCC=C4C(=O)O[C@H](C(C)C)[C@H](C)/C=C/C(=O)NC\C=C\1)N32. The monoisotopic (exact) mass is 525 g/mol. The van der Waals surface area contributed by atoms with Crippen LogP contribution in [0.15, 0.2) is 59.3 Å². The Bertz CT molecular complexity index is 1160. The van der Waals surface area contributed by atoms with E-state index in [1.807, 2.05) is 20.8 Å². The fourth-order valence-corrected chi connectivity index (χ4v) is 4.88. The Kier molecular flexibility index (Phi) is 8.20. The van der Waals surface area contributed by atoms with Crippen molar-refractivity contribution < 1.29 is 33.8 Å². The lowest BCUT2D eigenvalue weighted by molar-refractivity contribution is -0.151. The molecular formula is C28H35N3O7. The van der Waals surface area contributed by atoms with Crippen LogP contribution in [-0.4, -0.2) is 70.0 Å². The number of aliphatic hydroxyl groups excluding tert-OH is 1. The Labute approximate surface area is 222 Å². The summed E-state index contributed by atoms with van der Waals surface area (Å²) >= 11 is 0. The number of rotatable bonds is 1. The van der Waals surface area contributed by atoms with E-state index in [0.717, 1.165) is 5.57 Å². The van der Waals surface area contributed by atoms with Crippen molar-refractivity contribution >= 4 is 23.6 Å². The molecule has 0 radical (unpaired) electrons. The number of aliphatic hydroxyl groups is 1. The van der Waals surface area contributed by atoms with Crippen LogP contribution in [0.5, 0.6) is 0 Å². The number of cyclic esters (lactones) is 1. The summed E-state index contributed by atoms with van der Waals surface area (Å²) in [6.07, 6.45) is 8.29. The smallest absolute Gasteiger partial charge is 0.355 e. The van der Waals surface area contributed by atoms with E-state index in [0.29, 0.717) is 24.5 Å². The Balaban J connectivity index is 1.52. The highest BCUT2D eigenvalue weighted by molar-refractivity contribution is 6.04. The van der Waals surface area contributed by atoms with E-state index in [9.17, 15) is 24.3 Å². The van der Waals surface area contributed by atoms with Gasteiger partial charge in [0.05, 0.1) is 12.5 Å². The molecule has 0 aromatic carbocycles. The average molecular weight is 526 g/mol. The predicted octanol–water partition coefficient (Wildman–Crippen LogP) is 2.05. The number of hydrogen-bond donors (Lipinski definition) is 2. The zero-order chi connectivity index (χ0) is 27.6. The van der Waals surface area contributed by atoms with Crippen LogP contribution in [0.2, 0.25) is 0 Å².